The van der Waals surface area contributed by atoms with Crippen LogP contribution in [0.2, 0.25) is 0 Å². The number of hydrogen-bond donors (Lipinski definition) is 1. The van der Waals surface area contributed by atoms with Crippen molar-refractivity contribution in [2.45, 2.75) is 18.9 Å². The first-order valence-corrected chi connectivity index (χ1v) is 6.65. The minimum atomic E-state index is -1.05. The monoisotopic (exact) mass is 272 g/mol. The van der Waals surface area contributed by atoms with Crippen molar-refractivity contribution in [1.29, 1.82) is 0 Å². The van der Waals surface area contributed by atoms with Crippen molar-refractivity contribution in [2.24, 2.45) is 0 Å². The summed E-state index contributed by atoms with van der Waals surface area (Å²) >= 11 is 0. The first-order chi connectivity index (χ1) is 9.63. The SMILES string of the molecule is CCC(O)(c1ccccc1)c1cc(OC)cc(OC)c1. The van der Waals surface area contributed by atoms with Crippen LogP contribution >= 0.6 is 0 Å². The van der Waals surface area contributed by atoms with Crippen LogP contribution in [-0.2, 0) is 5.60 Å². The lowest BCUT2D eigenvalue weighted by atomic mass is 9.84. The van der Waals surface area contributed by atoms with Crippen molar-refractivity contribution in [1.82, 2.24) is 0 Å². The maximum absolute atomic E-state index is 11.1. The van der Waals surface area contributed by atoms with Crippen LogP contribution in [-0.4, -0.2) is 19.3 Å². The Bertz CT molecular complexity index is 543. The zero-order valence-corrected chi connectivity index (χ0v) is 12.1. The van der Waals surface area contributed by atoms with Crippen LogP contribution in [0.1, 0.15) is 24.5 Å². The predicted molar refractivity (Wildman–Crippen MR) is 79.3 cm³/mol. The second-order valence-corrected chi connectivity index (χ2v) is 4.68. The number of aliphatic hydroxyl groups is 1. The van der Waals surface area contributed by atoms with Gasteiger partial charge in [0.25, 0.3) is 0 Å². The van der Waals surface area contributed by atoms with Crippen LogP contribution < -0.4 is 9.47 Å². The van der Waals surface area contributed by atoms with E-state index in [1.54, 1.807) is 20.3 Å². The molecule has 0 aliphatic carbocycles. The number of hydrogen-bond acceptors (Lipinski definition) is 3. The Morgan fingerprint density at radius 3 is 1.90 bits per heavy atom. The van der Waals surface area contributed by atoms with Crippen molar-refractivity contribution in [3.8, 4) is 11.5 Å². The fourth-order valence-corrected chi connectivity index (χ4v) is 2.34. The molecule has 3 heteroatoms. The first-order valence-electron chi connectivity index (χ1n) is 6.65. The molecule has 20 heavy (non-hydrogen) atoms. The maximum atomic E-state index is 11.1. The molecule has 1 atom stereocenters. The summed E-state index contributed by atoms with van der Waals surface area (Å²) in [5.41, 5.74) is 0.573. The van der Waals surface area contributed by atoms with Crippen LogP contribution in [0.5, 0.6) is 11.5 Å². The third kappa shape index (κ3) is 2.63. The zero-order valence-electron chi connectivity index (χ0n) is 12.1. The van der Waals surface area contributed by atoms with Crippen LogP contribution in [0, 0.1) is 0 Å². The molecule has 2 rings (SSSR count). The van der Waals surface area contributed by atoms with Gasteiger partial charge in [-0.1, -0.05) is 37.3 Å². The van der Waals surface area contributed by atoms with Gasteiger partial charge in [0, 0.05) is 6.07 Å². The number of benzene rings is 2. The fourth-order valence-electron chi connectivity index (χ4n) is 2.34. The molecule has 0 aromatic heterocycles. The highest BCUT2D eigenvalue weighted by Gasteiger charge is 2.30. The smallest absolute Gasteiger partial charge is 0.122 e. The number of rotatable bonds is 5. The molecule has 0 saturated heterocycles. The molecule has 2 aromatic carbocycles. The van der Waals surface area contributed by atoms with Gasteiger partial charge in [0.2, 0.25) is 0 Å². The average Bonchev–Trinajstić information content (AvgIpc) is 2.54. The van der Waals surface area contributed by atoms with E-state index >= 15 is 0 Å². The highest BCUT2D eigenvalue weighted by Crippen LogP contribution is 2.36. The summed E-state index contributed by atoms with van der Waals surface area (Å²) in [5.74, 6) is 1.34. The van der Waals surface area contributed by atoms with E-state index < -0.39 is 5.60 Å². The van der Waals surface area contributed by atoms with Crippen molar-refractivity contribution in [3.63, 3.8) is 0 Å². The number of methoxy groups -OCH3 is 2. The lowest BCUT2D eigenvalue weighted by Crippen LogP contribution is -2.26. The quantitative estimate of drug-likeness (QED) is 0.907. The van der Waals surface area contributed by atoms with Gasteiger partial charge in [0.1, 0.15) is 17.1 Å². The Labute approximate surface area is 119 Å². The summed E-state index contributed by atoms with van der Waals surface area (Å²) in [4.78, 5) is 0. The summed E-state index contributed by atoms with van der Waals surface area (Å²) in [7, 11) is 3.21. The Morgan fingerprint density at radius 1 is 0.900 bits per heavy atom. The fraction of sp³-hybridized carbons (Fsp3) is 0.294. The summed E-state index contributed by atoms with van der Waals surface area (Å²) in [6.07, 6.45) is 0.563. The Balaban J connectivity index is 2.56. The third-order valence-electron chi connectivity index (χ3n) is 3.59. The lowest BCUT2D eigenvalue weighted by Gasteiger charge is -2.28. The topological polar surface area (TPSA) is 38.7 Å². The van der Waals surface area contributed by atoms with Gasteiger partial charge in [-0.2, -0.15) is 0 Å². The summed E-state index contributed by atoms with van der Waals surface area (Å²) < 4.78 is 10.6. The molecule has 0 aliphatic heterocycles. The summed E-state index contributed by atoms with van der Waals surface area (Å²) in [6.45, 7) is 1.96. The van der Waals surface area contributed by atoms with Gasteiger partial charge in [0.05, 0.1) is 14.2 Å². The maximum Gasteiger partial charge on any atom is 0.122 e. The molecule has 0 heterocycles. The molecular weight excluding hydrogens is 252 g/mol. The molecule has 3 nitrogen and oxygen atoms in total. The number of ether oxygens (including phenoxy) is 2. The van der Waals surface area contributed by atoms with Crippen LogP contribution in [0.25, 0.3) is 0 Å². The van der Waals surface area contributed by atoms with E-state index in [2.05, 4.69) is 0 Å². The second-order valence-electron chi connectivity index (χ2n) is 4.68. The molecule has 1 unspecified atom stereocenters. The second kappa shape index (κ2) is 5.97. The molecule has 0 fully saturated rings. The minimum absolute atomic E-state index is 0.563. The van der Waals surface area contributed by atoms with E-state index in [1.807, 2.05) is 49.4 Å². The summed E-state index contributed by atoms with van der Waals surface area (Å²) in [6, 6.07) is 15.1. The Hall–Kier alpha value is -2.00. The van der Waals surface area contributed by atoms with Crippen molar-refractivity contribution >= 4 is 0 Å². The van der Waals surface area contributed by atoms with Crippen molar-refractivity contribution < 1.29 is 14.6 Å². The van der Waals surface area contributed by atoms with Gasteiger partial charge in [-0.05, 0) is 29.7 Å². The Kier molecular flexibility index (Phi) is 4.30. The molecule has 0 amide bonds. The van der Waals surface area contributed by atoms with Gasteiger partial charge in [0.15, 0.2) is 0 Å². The van der Waals surface area contributed by atoms with Crippen molar-refractivity contribution in [3.05, 3.63) is 59.7 Å². The van der Waals surface area contributed by atoms with E-state index in [0.717, 1.165) is 11.1 Å². The van der Waals surface area contributed by atoms with E-state index in [0.29, 0.717) is 17.9 Å². The van der Waals surface area contributed by atoms with Gasteiger partial charge in [-0.3, -0.25) is 0 Å². The largest absolute Gasteiger partial charge is 0.497 e. The average molecular weight is 272 g/mol. The van der Waals surface area contributed by atoms with E-state index in [4.69, 9.17) is 9.47 Å². The van der Waals surface area contributed by atoms with Gasteiger partial charge >= 0.3 is 0 Å². The summed E-state index contributed by atoms with van der Waals surface area (Å²) in [5, 5.41) is 11.1. The third-order valence-corrected chi connectivity index (χ3v) is 3.59. The molecule has 0 saturated carbocycles. The van der Waals surface area contributed by atoms with Gasteiger partial charge < -0.3 is 14.6 Å². The molecular formula is C17H20O3. The van der Waals surface area contributed by atoms with Gasteiger partial charge in [-0.25, -0.2) is 0 Å². The van der Waals surface area contributed by atoms with E-state index in [9.17, 15) is 5.11 Å². The first kappa shape index (κ1) is 14.4. The molecule has 106 valence electrons. The molecule has 2 aromatic rings. The van der Waals surface area contributed by atoms with Crippen molar-refractivity contribution in [2.75, 3.05) is 14.2 Å². The highest BCUT2D eigenvalue weighted by molar-refractivity contribution is 5.45. The normalized spacial score (nSPS) is 13.6. The molecule has 0 radical (unpaired) electrons. The highest BCUT2D eigenvalue weighted by atomic mass is 16.5. The van der Waals surface area contributed by atoms with Crippen LogP contribution in [0.15, 0.2) is 48.5 Å². The minimum Gasteiger partial charge on any atom is -0.497 e. The van der Waals surface area contributed by atoms with Crippen LogP contribution in [0.3, 0.4) is 0 Å². The molecule has 1 N–H and O–H groups in total. The van der Waals surface area contributed by atoms with Gasteiger partial charge in [-0.15, -0.1) is 0 Å². The standard InChI is InChI=1S/C17H20O3/c1-4-17(18,13-8-6-5-7-9-13)14-10-15(19-2)12-16(11-14)20-3/h5-12,18H,4H2,1-3H3. The Morgan fingerprint density at radius 2 is 1.45 bits per heavy atom. The zero-order chi connectivity index (χ0) is 14.6. The molecule has 0 aliphatic rings. The predicted octanol–water partition coefficient (Wildman–Crippen LogP) is 3.35. The molecule has 0 spiro atoms. The molecule has 0 bridgehead atoms. The van der Waals surface area contributed by atoms with E-state index in [-0.39, 0.29) is 0 Å². The lowest BCUT2D eigenvalue weighted by molar-refractivity contribution is 0.0760. The van der Waals surface area contributed by atoms with Crippen LogP contribution in [0.4, 0.5) is 0 Å². The van der Waals surface area contributed by atoms with E-state index in [1.165, 1.54) is 0 Å².